The van der Waals surface area contributed by atoms with Crippen LogP contribution in [0.15, 0.2) is 27.6 Å². The Labute approximate surface area is 105 Å². The van der Waals surface area contributed by atoms with E-state index in [1.165, 1.54) is 17.8 Å². The Kier molecular flexibility index (Phi) is 5.42. The van der Waals surface area contributed by atoms with Crippen molar-refractivity contribution in [3.8, 4) is 0 Å². The topological polar surface area (TPSA) is 43.1 Å². The molecular formula is C9H9BrClNO2S. The molecule has 0 heterocycles. The molecule has 0 atom stereocenters. The third-order valence-corrected chi connectivity index (χ3v) is 4.07. The van der Waals surface area contributed by atoms with Gasteiger partial charge in [-0.1, -0.05) is 6.07 Å². The van der Waals surface area contributed by atoms with Gasteiger partial charge in [0, 0.05) is 16.4 Å². The summed E-state index contributed by atoms with van der Waals surface area (Å²) in [5.74, 6) is 1.36. The smallest absolute Gasteiger partial charge is 0.258 e. The highest BCUT2D eigenvalue weighted by Crippen LogP contribution is 2.35. The molecular weight excluding hydrogens is 302 g/mol. The minimum Gasteiger partial charge on any atom is -0.258 e. The van der Waals surface area contributed by atoms with Gasteiger partial charge in [-0.15, -0.1) is 23.4 Å². The fraction of sp³-hybridized carbons (Fsp3) is 0.333. The zero-order valence-electron chi connectivity index (χ0n) is 7.78. The average molecular weight is 311 g/mol. The van der Waals surface area contributed by atoms with Gasteiger partial charge in [0.2, 0.25) is 0 Å². The average Bonchev–Trinajstić information content (AvgIpc) is 2.20. The summed E-state index contributed by atoms with van der Waals surface area (Å²) in [4.78, 5) is 11.1. The van der Waals surface area contributed by atoms with Crippen molar-refractivity contribution in [1.29, 1.82) is 0 Å². The van der Waals surface area contributed by atoms with Gasteiger partial charge in [-0.2, -0.15) is 0 Å². The number of benzene rings is 1. The van der Waals surface area contributed by atoms with Crippen LogP contribution in [0.2, 0.25) is 0 Å². The van der Waals surface area contributed by atoms with Crippen molar-refractivity contribution in [2.24, 2.45) is 0 Å². The van der Waals surface area contributed by atoms with Gasteiger partial charge in [-0.3, -0.25) is 10.1 Å². The van der Waals surface area contributed by atoms with Crippen LogP contribution in [-0.4, -0.2) is 16.6 Å². The summed E-state index contributed by atoms with van der Waals surface area (Å²) in [5, 5.41) is 10.8. The number of nitro groups is 1. The molecule has 1 rings (SSSR count). The Morgan fingerprint density at radius 3 is 2.87 bits per heavy atom. The zero-order chi connectivity index (χ0) is 11.3. The molecule has 0 spiro atoms. The number of alkyl halides is 1. The molecule has 1 aromatic carbocycles. The van der Waals surface area contributed by atoms with Crippen LogP contribution in [0.25, 0.3) is 0 Å². The van der Waals surface area contributed by atoms with Gasteiger partial charge in [0.25, 0.3) is 5.69 Å². The fourth-order valence-electron chi connectivity index (χ4n) is 1.01. The lowest BCUT2D eigenvalue weighted by molar-refractivity contribution is -0.387. The Bertz CT molecular complexity index is 362. The standard InChI is InChI=1S/C9H9BrClNO2S/c10-7-3-1-4-8(12(13)14)9(7)15-6-2-5-11/h1,3-4H,2,5-6H2. The SMILES string of the molecule is O=[N+]([O-])c1cccc(Br)c1SCCCCl. The number of nitro benzene ring substituents is 1. The highest BCUT2D eigenvalue weighted by Gasteiger charge is 2.16. The van der Waals surface area contributed by atoms with E-state index in [1.807, 2.05) is 0 Å². The van der Waals surface area contributed by atoms with Crippen LogP contribution in [0.5, 0.6) is 0 Å². The van der Waals surface area contributed by atoms with E-state index in [2.05, 4.69) is 15.9 Å². The molecule has 0 saturated carbocycles. The van der Waals surface area contributed by atoms with E-state index >= 15 is 0 Å². The summed E-state index contributed by atoms with van der Waals surface area (Å²) >= 11 is 10.3. The number of thioether (sulfide) groups is 1. The Balaban J connectivity index is 2.87. The first-order valence-electron chi connectivity index (χ1n) is 4.28. The largest absolute Gasteiger partial charge is 0.284 e. The first-order chi connectivity index (χ1) is 7.16. The van der Waals surface area contributed by atoms with Crippen molar-refractivity contribution in [2.75, 3.05) is 11.6 Å². The van der Waals surface area contributed by atoms with Crippen molar-refractivity contribution < 1.29 is 4.92 Å². The summed E-state index contributed by atoms with van der Waals surface area (Å²) in [7, 11) is 0. The number of hydrogen-bond donors (Lipinski definition) is 0. The van der Waals surface area contributed by atoms with Gasteiger partial charge in [0.15, 0.2) is 0 Å². The van der Waals surface area contributed by atoms with Crippen molar-refractivity contribution >= 4 is 45.0 Å². The molecule has 0 aromatic heterocycles. The molecule has 0 aliphatic carbocycles. The predicted molar refractivity (Wildman–Crippen MR) is 66.9 cm³/mol. The lowest BCUT2D eigenvalue weighted by Gasteiger charge is -2.04. The highest BCUT2D eigenvalue weighted by molar-refractivity contribution is 9.10. The second-order valence-corrected chi connectivity index (χ2v) is 5.07. The molecule has 0 fully saturated rings. The molecule has 82 valence electrons. The van der Waals surface area contributed by atoms with Crippen LogP contribution >= 0.6 is 39.3 Å². The molecule has 0 aliphatic heterocycles. The molecule has 6 heteroatoms. The molecule has 15 heavy (non-hydrogen) atoms. The Morgan fingerprint density at radius 1 is 1.53 bits per heavy atom. The fourth-order valence-corrected chi connectivity index (χ4v) is 2.99. The minimum absolute atomic E-state index is 0.143. The highest BCUT2D eigenvalue weighted by atomic mass is 79.9. The second-order valence-electron chi connectivity index (χ2n) is 2.74. The maximum atomic E-state index is 10.8. The zero-order valence-corrected chi connectivity index (χ0v) is 10.9. The molecule has 0 aliphatic rings. The lowest BCUT2D eigenvalue weighted by atomic mass is 10.3. The van der Waals surface area contributed by atoms with E-state index in [0.717, 1.165) is 16.6 Å². The molecule has 0 radical (unpaired) electrons. The Hall–Kier alpha value is -0.260. The van der Waals surface area contributed by atoms with Gasteiger partial charge in [0.05, 0.1) is 9.82 Å². The van der Waals surface area contributed by atoms with E-state index in [4.69, 9.17) is 11.6 Å². The summed E-state index contributed by atoms with van der Waals surface area (Å²) < 4.78 is 0.760. The van der Waals surface area contributed by atoms with Crippen LogP contribution in [0.3, 0.4) is 0 Å². The lowest BCUT2D eigenvalue weighted by Crippen LogP contribution is -1.92. The van der Waals surface area contributed by atoms with Gasteiger partial charge >= 0.3 is 0 Å². The molecule has 0 N–H and O–H groups in total. The number of halogens is 2. The maximum absolute atomic E-state index is 10.8. The molecule has 3 nitrogen and oxygen atoms in total. The van der Waals surface area contributed by atoms with Crippen molar-refractivity contribution in [1.82, 2.24) is 0 Å². The van der Waals surface area contributed by atoms with Crippen LogP contribution in [-0.2, 0) is 0 Å². The Morgan fingerprint density at radius 2 is 2.27 bits per heavy atom. The molecule has 0 saturated heterocycles. The predicted octanol–water partition coefficient (Wildman–Crippen LogP) is 4.08. The van der Waals surface area contributed by atoms with Crippen LogP contribution < -0.4 is 0 Å². The summed E-state index contributed by atoms with van der Waals surface area (Å²) in [6.07, 6.45) is 0.838. The summed E-state index contributed by atoms with van der Waals surface area (Å²) in [5.41, 5.74) is 0.143. The van der Waals surface area contributed by atoms with E-state index in [0.29, 0.717) is 10.8 Å². The monoisotopic (exact) mass is 309 g/mol. The van der Waals surface area contributed by atoms with Gasteiger partial charge < -0.3 is 0 Å². The third-order valence-electron chi connectivity index (χ3n) is 1.67. The van der Waals surface area contributed by atoms with Crippen molar-refractivity contribution in [3.63, 3.8) is 0 Å². The van der Waals surface area contributed by atoms with Gasteiger partial charge in [-0.25, -0.2) is 0 Å². The molecule has 0 unspecified atom stereocenters. The van der Waals surface area contributed by atoms with Crippen molar-refractivity contribution in [2.45, 2.75) is 11.3 Å². The van der Waals surface area contributed by atoms with Gasteiger partial charge in [-0.05, 0) is 34.2 Å². The first kappa shape index (κ1) is 12.8. The van der Waals surface area contributed by atoms with Crippen molar-refractivity contribution in [3.05, 3.63) is 32.8 Å². The van der Waals surface area contributed by atoms with Crippen LogP contribution in [0.4, 0.5) is 5.69 Å². The number of hydrogen-bond acceptors (Lipinski definition) is 3. The van der Waals surface area contributed by atoms with Gasteiger partial charge in [0.1, 0.15) is 0 Å². The number of nitrogens with zero attached hydrogens (tertiary/aromatic N) is 1. The van der Waals surface area contributed by atoms with E-state index in [1.54, 1.807) is 12.1 Å². The molecule has 1 aromatic rings. The van der Waals surface area contributed by atoms with E-state index < -0.39 is 0 Å². The minimum atomic E-state index is -0.367. The quantitative estimate of drug-likeness (QED) is 0.271. The van der Waals surface area contributed by atoms with E-state index in [9.17, 15) is 10.1 Å². The van der Waals surface area contributed by atoms with E-state index in [-0.39, 0.29) is 10.6 Å². The summed E-state index contributed by atoms with van der Waals surface area (Å²) in [6, 6.07) is 4.97. The van der Waals surface area contributed by atoms with Crippen LogP contribution in [0, 0.1) is 10.1 Å². The second kappa shape index (κ2) is 6.35. The number of rotatable bonds is 5. The first-order valence-corrected chi connectivity index (χ1v) is 6.59. The maximum Gasteiger partial charge on any atom is 0.284 e. The van der Waals surface area contributed by atoms with Crippen LogP contribution in [0.1, 0.15) is 6.42 Å². The third kappa shape index (κ3) is 3.66. The normalized spacial score (nSPS) is 10.3. The summed E-state index contributed by atoms with van der Waals surface area (Å²) in [6.45, 7) is 0. The molecule has 0 amide bonds. The molecule has 0 bridgehead atoms.